The number of epoxide rings is 1. The zero-order chi connectivity index (χ0) is 22.6. The molecule has 184 valence electrons. The van der Waals surface area contributed by atoms with Gasteiger partial charge >= 0.3 is 0 Å². The van der Waals surface area contributed by atoms with Gasteiger partial charge < -0.3 is 9.84 Å². The molecular formula is C31H48O2. The smallest absolute Gasteiger partial charge is 0.0930 e. The Hall–Kier alpha value is -0.340. The summed E-state index contributed by atoms with van der Waals surface area (Å²) in [5, 5.41) is 11.5. The molecule has 7 fully saturated rings. The van der Waals surface area contributed by atoms with E-state index in [0.29, 0.717) is 22.9 Å². The van der Waals surface area contributed by atoms with Crippen LogP contribution in [-0.2, 0) is 4.74 Å². The van der Waals surface area contributed by atoms with Crippen LogP contribution >= 0.6 is 0 Å². The average molecular weight is 453 g/mol. The van der Waals surface area contributed by atoms with Crippen molar-refractivity contribution in [1.29, 1.82) is 0 Å². The highest BCUT2D eigenvalue weighted by atomic mass is 16.6. The van der Waals surface area contributed by atoms with E-state index in [0.717, 1.165) is 42.4 Å². The first-order valence-corrected chi connectivity index (χ1v) is 14.8. The normalized spacial score (nSPS) is 60.0. The van der Waals surface area contributed by atoms with Gasteiger partial charge in [0.15, 0.2) is 0 Å². The molecule has 6 saturated carbocycles. The number of rotatable bonds is 1. The van der Waals surface area contributed by atoms with Gasteiger partial charge in [0.05, 0.1) is 17.3 Å². The van der Waals surface area contributed by atoms with Crippen molar-refractivity contribution < 1.29 is 9.84 Å². The molecule has 2 nitrogen and oxygen atoms in total. The molecule has 7 aliphatic rings. The molecule has 0 radical (unpaired) electrons. The topological polar surface area (TPSA) is 32.8 Å². The van der Waals surface area contributed by atoms with E-state index >= 15 is 0 Å². The molecule has 0 aromatic carbocycles. The number of ether oxygens (including phenoxy) is 1. The van der Waals surface area contributed by atoms with Gasteiger partial charge in [0.25, 0.3) is 0 Å². The largest absolute Gasteiger partial charge is 0.390 e. The SMILES string of the molecule is C=C1C[C@@]2(CC[C@H]([C@@H]3CC[C@H]4CCCC[C@@]4(O)C3)C2)[C@@H]2O[C@]2(C)C[C@H]2CCC[C@@]3(C)C[C@H]1[C@@H]23. The molecule has 1 saturated heterocycles. The molecule has 0 aromatic rings. The van der Waals surface area contributed by atoms with Gasteiger partial charge in [-0.2, -0.15) is 0 Å². The quantitative estimate of drug-likeness (QED) is 0.331. The van der Waals surface area contributed by atoms with E-state index in [-0.39, 0.29) is 11.2 Å². The van der Waals surface area contributed by atoms with Gasteiger partial charge in [0.1, 0.15) is 0 Å². The Kier molecular flexibility index (Phi) is 4.72. The van der Waals surface area contributed by atoms with Crippen molar-refractivity contribution >= 4 is 0 Å². The fourth-order valence-electron chi connectivity index (χ4n) is 11.5. The van der Waals surface area contributed by atoms with Gasteiger partial charge in [0.2, 0.25) is 0 Å². The monoisotopic (exact) mass is 452 g/mol. The summed E-state index contributed by atoms with van der Waals surface area (Å²) in [6, 6.07) is 0. The fourth-order valence-corrected chi connectivity index (χ4v) is 11.5. The van der Waals surface area contributed by atoms with Crippen LogP contribution in [0.4, 0.5) is 0 Å². The highest BCUT2D eigenvalue weighted by Gasteiger charge is 2.68. The van der Waals surface area contributed by atoms with Crippen molar-refractivity contribution in [2.75, 3.05) is 0 Å². The van der Waals surface area contributed by atoms with Gasteiger partial charge in [-0.05, 0) is 125 Å². The first kappa shape index (κ1) is 21.9. The van der Waals surface area contributed by atoms with Crippen LogP contribution in [0, 0.1) is 46.3 Å². The van der Waals surface area contributed by atoms with E-state index in [1.54, 1.807) is 5.57 Å². The molecule has 1 N–H and O–H groups in total. The lowest BCUT2D eigenvalue weighted by Gasteiger charge is -2.61. The van der Waals surface area contributed by atoms with Crippen molar-refractivity contribution in [3.63, 3.8) is 0 Å². The lowest BCUT2D eigenvalue weighted by molar-refractivity contribution is -0.0988. The second-order valence-electron chi connectivity index (χ2n) is 14.9. The van der Waals surface area contributed by atoms with E-state index in [9.17, 15) is 5.11 Å². The van der Waals surface area contributed by atoms with Crippen molar-refractivity contribution in [3.05, 3.63) is 12.2 Å². The van der Waals surface area contributed by atoms with Crippen molar-refractivity contribution in [2.24, 2.45) is 46.3 Å². The Balaban J connectivity index is 1.13. The van der Waals surface area contributed by atoms with Crippen molar-refractivity contribution in [2.45, 2.75) is 134 Å². The van der Waals surface area contributed by atoms with E-state index in [1.165, 1.54) is 89.9 Å². The number of allylic oxidation sites excluding steroid dienone is 1. The molecule has 33 heavy (non-hydrogen) atoms. The Morgan fingerprint density at radius 1 is 0.818 bits per heavy atom. The van der Waals surface area contributed by atoms with Gasteiger partial charge in [-0.1, -0.05) is 44.8 Å². The minimum Gasteiger partial charge on any atom is -0.390 e. The van der Waals surface area contributed by atoms with Gasteiger partial charge in [-0.3, -0.25) is 0 Å². The highest BCUT2D eigenvalue weighted by molar-refractivity contribution is 5.25. The van der Waals surface area contributed by atoms with Crippen molar-refractivity contribution in [1.82, 2.24) is 0 Å². The van der Waals surface area contributed by atoms with Crippen LogP contribution in [0.15, 0.2) is 12.2 Å². The number of fused-ring (bicyclic) bond motifs is 3. The summed E-state index contributed by atoms with van der Waals surface area (Å²) in [7, 11) is 0. The highest BCUT2D eigenvalue weighted by Crippen LogP contribution is 2.70. The zero-order valence-corrected chi connectivity index (χ0v) is 21.4. The van der Waals surface area contributed by atoms with Crippen LogP contribution in [-0.4, -0.2) is 22.4 Å². The van der Waals surface area contributed by atoms with Crippen LogP contribution in [0.25, 0.3) is 0 Å². The predicted octanol–water partition coefficient (Wildman–Crippen LogP) is 7.44. The Labute approximate surface area is 202 Å². The lowest BCUT2D eigenvalue weighted by atomic mass is 9.44. The summed E-state index contributed by atoms with van der Waals surface area (Å²) >= 11 is 0. The van der Waals surface area contributed by atoms with Crippen LogP contribution < -0.4 is 0 Å². The average Bonchev–Trinajstić information content (AvgIpc) is 3.24. The molecule has 1 aliphatic heterocycles. The zero-order valence-electron chi connectivity index (χ0n) is 21.4. The maximum Gasteiger partial charge on any atom is 0.0930 e. The van der Waals surface area contributed by atoms with Gasteiger partial charge in [-0.25, -0.2) is 0 Å². The Morgan fingerprint density at radius 3 is 2.55 bits per heavy atom. The molecule has 1 heterocycles. The second kappa shape index (κ2) is 7.12. The summed E-state index contributed by atoms with van der Waals surface area (Å²) in [6.45, 7) is 9.86. The van der Waals surface area contributed by atoms with Crippen molar-refractivity contribution in [3.8, 4) is 0 Å². The Bertz CT molecular complexity index is 835. The minimum absolute atomic E-state index is 0.127. The first-order valence-electron chi connectivity index (χ1n) is 14.8. The molecule has 0 aromatic heterocycles. The third-order valence-corrected chi connectivity index (χ3v) is 13.0. The van der Waals surface area contributed by atoms with Crippen LogP contribution in [0.2, 0.25) is 0 Å². The summed E-state index contributed by atoms with van der Waals surface area (Å²) in [5.41, 5.74) is 2.31. The van der Waals surface area contributed by atoms with Crippen LogP contribution in [0.5, 0.6) is 0 Å². The van der Waals surface area contributed by atoms with Crippen LogP contribution in [0.1, 0.15) is 117 Å². The van der Waals surface area contributed by atoms with E-state index in [1.807, 2.05) is 0 Å². The number of hydrogen-bond acceptors (Lipinski definition) is 2. The summed E-state index contributed by atoms with van der Waals surface area (Å²) < 4.78 is 6.75. The molecule has 0 amide bonds. The Morgan fingerprint density at radius 2 is 1.67 bits per heavy atom. The molecular weight excluding hydrogens is 404 g/mol. The predicted molar refractivity (Wildman–Crippen MR) is 133 cm³/mol. The maximum absolute atomic E-state index is 11.5. The van der Waals surface area contributed by atoms with E-state index < -0.39 is 0 Å². The second-order valence-corrected chi connectivity index (χ2v) is 14.9. The van der Waals surface area contributed by atoms with Crippen LogP contribution in [0.3, 0.4) is 0 Å². The fraction of sp³-hybridized carbons (Fsp3) is 0.935. The molecule has 0 unspecified atom stereocenters. The van der Waals surface area contributed by atoms with E-state index in [4.69, 9.17) is 11.3 Å². The van der Waals surface area contributed by atoms with E-state index in [2.05, 4.69) is 13.8 Å². The van der Waals surface area contributed by atoms with Gasteiger partial charge in [-0.15, -0.1) is 0 Å². The summed E-state index contributed by atoms with van der Waals surface area (Å²) in [4.78, 5) is 0. The molecule has 6 aliphatic carbocycles. The minimum atomic E-state index is -0.338. The number of aliphatic hydroxyl groups is 1. The molecule has 1 spiro atoms. The summed E-state index contributed by atoms with van der Waals surface area (Å²) in [6.07, 6.45) is 21.4. The van der Waals surface area contributed by atoms with Gasteiger partial charge in [0, 0.05) is 5.41 Å². The standard InChI is InChI=1S/C31H48O2/c1-20-15-30(14-11-22(17-30)21-9-10-24-8-4-5-13-31(24,32)18-21)27-29(3,33-27)16-23-7-6-12-28(2)19-25(20)26(23)28/h21-27,32H,1,4-19H2,2-3H3/t21-,22+,23-,24-,25-,26-,27-,28+,29-,30-,31-/m1/s1. The molecule has 11 atom stereocenters. The molecule has 0 bridgehead atoms. The molecule has 7 rings (SSSR count). The molecule has 2 heteroatoms. The lowest BCUT2D eigenvalue weighted by Crippen LogP contribution is -2.53. The summed E-state index contributed by atoms with van der Waals surface area (Å²) in [5.74, 6) is 4.66. The third-order valence-electron chi connectivity index (χ3n) is 13.0. The first-order chi connectivity index (χ1) is 15.7. The maximum atomic E-state index is 11.5. The third kappa shape index (κ3) is 3.18. The number of hydrogen-bond donors (Lipinski definition) is 1.